The van der Waals surface area contributed by atoms with Crippen molar-refractivity contribution in [3.8, 4) is 5.75 Å². The van der Waals surface area contributed by atoms with Gasteiger partial charge in [-0.15, -0.1) is 0 Å². The van der Waals surface area contributed by atoms with Crippen LogP contribution in [0.15, 0.2) is 46.9 Å². The van der Waals surface area contributed by atoms with E-state index in [1.807, 2.05) is 12.1 Å². The number of ether oxygens (including phenoxy) is 1. The Morgan fingerprint density at radius 2 is 2.10 bits per heavy atom. The van der Waals surface area contributed by atoms with E-state index in [2.05, 4.69) is 58.5 Å². The first-order chi connectivity index (χ1) is 10.2. The minimum Gasteiger partial charge on any atom is -0.496 e. The fourth-order valence-electron chi connectivity index (χ4n) is 3.23. The van der Waals surface area contributed by atoms with Crippen LogP contribution in [-0.2, 0) is 6.42 Å². The Hall–Kier alpha value is -1.32. The van der Waals surface area contributed by atoms with Crippen molar-refractivity contribution in [2.75, 3.05) is 13.7 Å². The van der Waals surface area contributed by atoms with Crippen LogP contribution in [0, 0.1) is 0 Å². The zero-order valence-corrected chi connectivity index (χ0v) is 14.0. The van der Waals surface area contributed by atoms with Gasteiger partial charge in [0.05, 0.1) is 7.11 Å². The third-order valence-corrected chi connectivity index (χ3v) is 4.74. The average Bonchev–Trinajstić information content (AvgIpc) is 2.47. The first-order valence-electron chi connectivity index (χ1n) is 7.39. The summed E-state index contributed by atoms with van der Waals surface area (Å²) in [6.45, 7) is 3.10. The molecule has 2 aromatic carbocycles. The Morgan fingerprint density at radius 1 is 1.29 bits per heavy atom. The van der Waals surface area contributed by atoms with E-state index in [9.17, 15) is 0 Å². The van der Waals surface area contributed by atoms with E-state index in [4.69, 9.17) is 4.74 Å². The SMILES string of the molecule is CCNC(c1cc(Br)ccc1OC)C1Cc2ccccc21. The molecule has 0 amide bonds. The Labute approximate surface area is 134 Å². The third kappa shape index (κ3) is 2.72. The van der Waals surface area contributed by atoms with Gasteiger partial charge in [0.25, 0.3) is 0 Å². The average molecular weight is 346 g/mol. The van der Waals surface area contributed by atoms with Crippen LogP contribution in [0.3, 0.4) is 0 Å². The van der Waals surface area contributed by atoms with Gasteiger partial charge in [0.1, 0.15) is 5.75 Å². The fraction of sp³-hybridized carbons (Fsp3) is 0.333. The zero-order chi connectivity index (χ0) is 14.8. The summed E-state index contributed by atoms with van der Waals surface area (Å²) in [5.41, 5.74) is 4.16. The van der Waals surface area contributed by atoms with Crippen LogP contribution in [0.4, 0.5) is 0 Å². The van der Waals surface area contributed by atoms with Crippen molar-refractivity contribution in [2.45, 2.75) is 25.3 Å². The number of benzene rings is 2. The predicted octanol–water partition coefficient (Wildman–Crippen LogP) is 4.45. The maximum absolute atomic E-state index is 5.57. The van der Waals surface area contributed by atoms with Crippen molar-refractivity contribution in [1.29, 1.82) is 0 Å². The highest BCUT2D eigenvalue weighted by Gasteiger charge is 2.34. The Morgan fingerprint density at radius 3 is 2.81 bits per heavy atom. The van der Waals surface area contributed by atoms with Crippen LogP contribution in [-0.4, -0.2) is 13.7 Å². The first-order valence-corrected chi connectivity index (χ1v) is 8.18. The largest absolute Gasteiger partial charge is 0.496 e. The van der Waals surface area contributed by atoms with Crippen LogP contribution in [0.2, 0.25) is 0 Å². The molecule has 0 saturated carbocycles. The van der Waals surface area contributed by atoms with Crippen LogP contribution in [0.25, 0.3) is 0 Å². The summed E-state index contributed by atoms with van der Waals surface area (Å²) >= 11 is 3.58. The highest BCUT2D eigenvalue weighted by atomic mass is 79.9. The monoisotopic (exact) mass is 345 g/mol. The molecule has 0 fully saturated rings. The van der Waals surface area contributed by atoms with Gasteiger partial charge in [-0.05, 0) is 42.3 Å². The molecule has 21 heavy (non-hydrogen) atoms. The summed E-state index contributed by atoms with van der Waals surface area (Å²) in [6, 6.07) is 15.3. The second-order valence-corrected chi connectivity index (χ2v) is 6.35. The van der Waals surface area contributed by atoms with Crippen molar-refractivity contribution >= 4 is 15.9 Å². The number of rotatable bonds is 5. The molecule has 2 aromatic rings. The molecule has 0 aromatic heterocycles. The molecule has 2 atom stereocenters. The van der Waals surface area contributed by atoms with Gasteiger partial charge in [-0.2, -0.15) is 0 Å². The molecular formula is C18H20BrNO. The van der Waals surface area contributed by atoms with Gasteiger partial charge in [-0.3, -0.25) is 0 Å². The molecule has 0 aliphatic heterocycles. The molecule has 1 aliphatic carbocycles. The topological polar surface area (TPSA) is 21.3 Å². The second kappa shape index (κ2) is 6.20. The summed E-state index contributed by atoms with van der Waals surface area (Å²) < 4.78 is 6.67. The quantitative estimate of drug-likeness (QED) is 0.864. The van der Waals surface area contributed by atoms with Crippen molar-refractivity contribution in [2.24, 2.45) is 0 Å². The van der Waals surface area contributed by atoms with E-state index in [-0.39, 0.29) is 6.04 Å². The lowest BCUT2D eigenvalue weighted by molar-refractivity contribution is 0.374. The molecule has 3 heteroatoms. The first kappa shape index (κ1) is 14.6. The third-order valence-electron chi connectivity index (χ3n) is 4.25. The highest BCUT2D eigenvalue weighted by Crippen LogP contribution is 2.45. The number of fused-ring (bicyclic) bond motifs is 1. The van der Waals surface area contributed by atoms with Gasteiger partial charge in [-0.1, -0.05) is 47.1 Å². The molecule has 110 valence electrons. The van der Waals surface area contributed by atoms with Crippen LogP contribution < -0.4 is 10.1 Å². The predicted molar refractivity (Wildman–Crippen MR) is 90.0 cm³/mol. The molecule has 1 aliphatic rings. The fourth-order valence-corrected chi connectivity index (χ4v) is 3.61. The standard InChI is InChI=1S/C18H20BrNO/c1-3-20-18(15-10-12-6-4-5-7-14(12)15)16-11-13(19)8-9-17(16)21-2/h4-9,11,15,18,20H,3,10H2,1-2H3. The lowest BCUT2D eigenvalue weighted by Gasteiger charge is -2.37. The van der Waals surface area contributed by atoms with Crippen LogP contribution in [0.5, 0.6) is 5.75 Å². The number of hydrogen-bond donors (Lipinski definition) is 1. The van der Waals surface area contributed by atoms with Gasteiger partial charge >= 0.3 is 0 Å². The molecular weight excluding hydrogens is 326 g/mol. The smallest absolute Gasteiger partial charge is 0.123 e. The van der Waals surface area contributed by atoms with E-state index in [1.165, 1.54) is 16.7 Å². The zero-order valence-electron chi connectivity index (χ0n) is 12.4. The number of likely N-dealkylation sites (N-methyl/N-ethyl adjacent to an activating group) is 1. The molecule has 3 rings (SSSR count). The summed E-state index contributed by atoms with van der Waals surface area (Å²) in [5.74, 6) is 1.47. The summed E-state index contributed by atoms with van der Waals surface area (Å²) in [4.78, 5) is 0. The number of hydrogen-bond acceptors (Lipinski definition) is 2. The van der Waals surface area contributed by atoms with E-state index < -0.39 is 0 Å². The molecule has 2 unspecified atom stereocenters. The normalized spacial score (nSPS) is 17.8. The van der Waals surface area contributed by atoms with Crippen LogP contribution >= 0.6 is 15.9 Å². The molecule has 0 bridgehead atoms. The van der Waals surface area contributed by atoms with Gasteiger partial charge in [0, 0.05) is 22.0 Å². The van der Waals surface area contributed by atoms with E-state index in [0.717, 1.165) is 23.2 Å². The summed E-state index contributed by atoms with van der Waals surface area (Å²) in [5, 5.41) is 3.64. The van der Waals surface area contributed by atoms with Crippen LogP contribution in [0.1, 0.15) is 35.6 Å². The van der Waals surface area contributed by atoms with Crippen molar-refractivity contribution in [3.05, 3.63) is 63.6 Å². The number of methoxy groups -OCH3 is 1. The highest BCUT2D eigenvalue weighted by molar-refractivity contribution is 9.10. The van der Waals surface area contributed by atoms with E-state index in [0.29, 0.717) is 5.92 Å². The van der Waals surface area contributed by atoms with Crippen molar-refractivity contribution < 1.29 is 4.74 Å². The molecule has 0 radical (unpaired) electrons. The minimum atomic E-state index is 0.289. The lowest BCUT2D eigenvalue weighted by Crippen LogP contribution is -2.33. The summed E-state index contributed by atoms with van der Waals surface area (Å²) in [7, 11) is 1.74. The number of nitrogens with one attached hydrogen (secondary N) is 1. The Balaban J connectivity index is 1.98. The number of halogens is 1. The lowest BCUT2D eigenvalue weighted by atomic mass is 9.71. The van der Waals surface area contributed by atoms with Crippen molar-refractivity contribution in [3.63, 3.8) is 0 Å². The Bertz CT molecular complexity index is 641. The van der Waals surface area contributed by atoms with Gasteiger partial charge in [0.15, 0.2) is 0 Å². The Kier molecular flexibility index (Phi) is 4.32. The molecule has 1 N–H and O–H groups in total. The van der Waals surface area contributed by atoms with Gasteiger partial charge in [-0.25, -0.2) is 0 Å². The molecule has 0 saturated heterocycles. The van der Waals surface area contributed by atoms with Gasteiger partial charge in [0.2, 0.25) is 0 Å². The minimum absolute atomic E-state index is 0.289. The van der Waals surface area contributed by atoms with E-state index >= 15 is 0 Å². The second-order valence-electron chi connectivity index (χ2n) is 5.43. The summed E-state index contributed by atoms with van der Waals surface area (Å²) in [6.07, 6.45) is 1.13. The maximum Gasteiger partial charge on any atom is 0.123 e. The van der Waals surface area contributed by atoms with Gasteiger partial charge < -0.3 is 10.1 Å². The van der Waals surface area contributed by atoms with E-state index in [1.54, 1.807) is 7.11 Å². The molecule has 0 spiro atoms. The van der Waals surface area contributed by atoms with Crippen molar-refractivity contribution in [1.82, 2.24) is 5.32 Å². The maximum atomic E-state index is 5.57. The molecule has 2 nitrogen and oxygen atoms in total. The molecule has 0 heterocycles.